The molecule has 0 bridgehead atoms. The van der Waals surface area contributed by atoms with Gasteiger partial charge in [-0.15, -0.1) is 11.3 Å². The fourth-order valence-electron chi connectivity index (χ4n) is 1.69. The van der Waals surface area contributed by atoms with Gasteiger partial charge in [0, 0.05) is 17.6 Å². The maximum Gasteiger partial charge on any atom is 0.107 e. The van der Waals surface area contributed by atoms with Gasteiger partial charge in [-0.3, -0.25) is 0 Å². The fourth-order valence-corrected chi connectivity index (χ4v) is 2.84. The molecule has 2 aromatic rings. The van der Waals surface area contributed by atoms with Crippen molar-refractivity contribution in [2.24, 2.45) is 0 Å². The summed E-state index contributed by atoms with van der Waals surface area (Å²) in [4.78, 5) is 5.83. The first-order valence-electron chi connectivity index (χ1n) is 6.02. The number of halogens is 1. The summed E-state index contributed by atoms with van der Waals surface area (Å²) in [6, 6.07) is 8.41. The van der Waals surface area contributed by atoms with Crippen LogP contribution < -0.4 is 5.32 Å². The normalized spacial score (nSPS) is 11.2. The molecule has 0 saturated heterocycles. The van der Waals surface area contributed by atoms with E-state index in [-0.39, 0.29) is 0 Å². The monoisotopic (exact) mass is 280 g/mol. The molecular weight excluding hydrogens is 264 g/mol. The van der Waals surface area contributed by atoms with Crippen molar-refractivity contribution < 1.29 is 0 Å². The third kappa shape index (κ3) is 3.31. The zero-order valence-corrected chi connectivity index (χ0v) is 12.4. The number of hydrogen-bond acceptors (Lipinski definition) is 3. The van der Waals surface area contributed by atoms with E-state index in [9.17, 15) is 0 Å². The molecule has 0 spiro atoms. The van der Waals surface area contributed by atoms with E-state index < -0.39 is 0 Å². The summed E-state index contributed by atoms with van der Waals surface area (Å²) < 4.78 is 0. The van der Waals surface area contributed by atoms with Crippen molar-refractivity contribution in [3.05, 3.63) is 40.0 Å². The van der Waals surface area contributed by atoms with E-state index in [1.807, 2.05) is 24.3 Å². The molecule has 1 N–H and O–H groups in total. The van der Waals surface area contributed by atoms with Crippen molar-refractivity contribution in [2.45, 2.75) is 33.4 Å². The zero-order chi connectivity index (χ0) is 13.1. The van der Waals surface area contributed by atoms with E-state index in [0.717, 1.165) is 22.3 Å². The molecule has 0 amide bonds. The summed E-state index contributed by atoms with van der Waals surface area (Å²) in [5, 5.41) is 5.29. The molecule has 0 radical (unpaired) electrons. The van der Waals surface area contributed by atoms with Crippen molar-refractivity contribution in [1.82, 2.24) is 10.3 Å². The zero-order valence-electron chi connectivity index (χ0n) is 10.8. The van der Waals surface area contributed by atoms with Gasteiger partial charge in [-0.1, -0.05) is 37.6 Å². The van der Waals surface area contributed by atoms with E-state index in [4.69, 9.17) is 11.6 Å². The van der Waals surface area contributed by atoms with Gasteiger partial charge in [0.2, 0.25) is 0 Å². The van der Waals surface area contributed by atoms with E-state index in [1.165, 1.54) is 10.4 Å². The second-order valence-electron chi connectivity index (χ2n) is 4.56. The summed E-state index contributed by atoms with van der Waals surface area (Å²) in [7, 11) is 0. The average molecular weight is 281 g/mol. The summed E-state index contributed by atoms with van der Waals surface area (Å²) >= 11 is 7.65. The number of nitrogens with one attached hydrogen (secondary N) is 1. The van der Waals surface area contributed by atoms with Crippen LogP contribution in [-0.2, 0) is 6.54 Å². The molecule has 2 nitrogen and oxygen atoms in total. The minimum absolute atomic E-state index is 0.480. The van der Waals surface area contributed by atoms with Crippen molar-refractivity contribution in [1.29, 1.82) is 0 Å². The van der Waals surface area contributed by atoms with Crippen LogP contribution in [0.15, 0.2) is 24.3 Å². The van der Waals surface area contributed by atoms with E-state index in [0.29, 0.717) is 6.04 Å². The fraction of sp³-hybridized carbons (Fsp3) is 0.357. The highest BCUT2D eigenvalue weighted by atomic mass is 35.5. The molecule has 0 fully saturated rings. The Morgan fingerprint density at radius 3 is 2.56 bits per heavy atom. The Balaban J connectivity index is 2.21. The van der Waals surface area contributed by atoms with Crippen LogP contribution in [0.3, 0.4) is 0 Å². The number of aryl methyl sites for hydroxylation is 1. The van der Waals surface area contributed by atoms with Crippen molar-refractivity contribution in [2.75, 3.05) is 0 Å². The van der Waals surface area contributed by atoms with Gasteiger partial charge in [-0.25, -0.2) is 4.98 Å². The SMILES string of the molecule is Cc1nc(CNC(C)C)sc1-c1ccc(Cl)cc1. The van der Waals surface area contributed by atoms with Crippen LogP contribution in [0, 0.1) is 6.92 Å². The second-order valence-corrected chi connectivity index (χ2v) is 6.08. The summed E-state index contributed by atoms with van der Waals surface area (Å²) in [6.07, 6.45) is 0. The molecule has 1 aromatic carbocycles. The molecule has 0 saturated carbocycles. The van der Waals surface area contributed by atoms with Crippen LogP contribution in [0.1, 0.15) is 24.5 Å². The number of aromatic nitrogens is 1. The first-order chi connectivity index (χ1) is 8.56. The standard InChI is InChI=1S/C14H17ClN2S/c1-9(2)16-8-13-17-10(3)14(18-13)11-4-6-12(15)7-5-11/h4-7,9,16H,8H2,1-3H3. The average Bonchev–Trinajstić information content (AvgIpc) is 2.69. The highest BCUT2D eigenvalue weighted by molar-refractivity contribution is 7.15. The molecule has 0 atom stereocenters. The predicted octanol–water partition coefficient (Wildman–Crippen LogP) is 4.27. The quantitative estimate of drug-likeness (QED) is 0.905. The number of hydrogen-bond donors (Lipinski definition) is 1. The maximum atomic E-state index is 5.91. The van der Waals surface area contributed by atoms with Crippen LogP contribution in [0.2, 0.25) is 5.02 Å². The Morgan fingerprint density at radius 2 is 1.94 bits per heavy atom. The highest BCUT2D eigenvalue weighted by Crippen LogP contribution is 2.30. The number of benzene rings is 1. The number of rotatable bonds is 4. The lowest BCUT2D eigenvalue weighted by molar-refractivity contribution is 0.587. The van der Waals surface area contributed by atoms with Crippen LogP contribution in [-0.4, -0.2) is 11.0 Å². The first kappa shape index (κ1) is 13.5. The van der Waals surface area contributed by atoms with Gasteiger partial charge in [0.15, 0.2) is 0 Å². The lowest BCUT2D eigenvalue weighted by Crippen LogP contribution is -2.21. The van der Waals surface area contributed by atoms with Gasteiger partial charge in [0.05, 0.1) is 10.6 Å². The Morgan fingerprint density at radius 1 is 1.28 bits per heavy atom. The van der Waals surface area contributed by atoms with Crippen LogP contribution in [0.5, 0.6) is 0 Å². The van der Waals surface area contributed by atoms with Gasteiger partial charge in [-0.05, 0) is 24.6 Å². The van der Waals surface area contributed by atoms with Gasteiger partial charge in [0.1, 0.15) is 5.01 Å². The maximum absolute atomic E-state index is 5.91. The predicted molar refractivity (Wildman–Crippen MR) is 79.3 cm³/mol. The third-order valence-electron chi connectivity index (χ3n) is 2.61. The third-order valence-corrected chi connectivity index (χ3v) is 4.07. The molecule has 0 unspecified atom stereocenters. The van der Waals surface area contributed by atoms with E-state index in [1.54, 1.807) is 11.3 Å². The first-order valence-corrected chi connectivity index (χ1v) is 7.21. The van der Waals surface area contributed by atoms with Crippen LogP contribution in [0.25, 0.3) is 10.4 Å². The molecule has 1 aromatic heterocycles. The van der Waals surface area contributed by atoms with Gasteiger partial charge in [0.25, 0.3) is 0 Å². The molecule has 0 aliphatic carbocycles. The molecular formula is C14H17ClN2S. The second kappa shape index (κ2) is 5.83. The van der Waals surface area contributed by atoms with Gasteiger partial charge < -0.3 is 5.32 Å². The van der Waals surface area contributed by atoms with Crippen LogP contribution in [0.4, 0.5) is 0 Å². The van der Waals surface area contributed by atoms with Crippen LogP contribution >= 0.6 is 22.9 Å². The highest BCUT2D eigenvalue weighted by Gasteiger charge is 2.09. The minimum Gasteiger partial charge on any atom is -0.308 e. The van der Waals surface area contributed by atoms with Crippen molar-refractivity contribution in [3.8, 4) is 10.4 Å². The summed E-state index contributed by atoms with van der Waals surface area (Å²) in [6.45, 7) is 7.16. The molecule has 96 valence electrons. The van der Waals surface area contributed by atoms with Gasteiger partial charge >= 0.3 is 0 Å². The smallest absolute Gasteiger partial charge is 0.107 e. The molecule has 0 aliphatic rings. The van der Waals surface area contributed by atoms with E-state index >= 15 is 0 Å². The van der Waals surface area contributed by atoms with Gasteiger partial charge in [-0.2, -0.15) is 0 Å². The Labute approximate surface area is 117 Å². The Bertz CT molecular complexity index is 517. The Kier molecular flexibility index (Phi) is 4.38. The Hall–Kier alpha value is -0.900. The van der Waals surface area contributed by atoms with Crippen molar-refractivity contribution in [3.63, 3.8) is 0 Å². The number of nitrogens with zero attached hydrogens (tertiary/aromatic N) is 1. The lowest BCUT2D eigenvalue weighted by atomic mass is 10.2. The minimum atomic E-state index is 0.480. The molecule has 2 rings (SSSR count). The van der Waals surface area contributed by atoms with Crippen molar-refractivity contribution >= 4 is 22.9 Å². The van der Waals surface area contributed by atoms with E-state index in [2.05, 4.69) is 31.1 Å². The molecule has 0 aliphatic heterocycles. The summed E-state index contributed by atoms with van der Waals surface area (Å²) in [5.74, 6) is 0. The summed E-state index contributed by atoms with van der Waals surface area (Å²) in [5.41, 5.74) is 2.27. The number of thiazole rings is 1. The lowest BCUT2D eigenvalue weighted by Gasteiger charge is -2.04. The molecule has 1 heterocycles. The topological polar surface area (TPSA) is 24.9 Å². The molecule has 4 heteroatoms. The molecule has 18 heavy (non-hydrogen) atoms. The largest absolute Gasteiger partial charge is 0.308 e.